The summed E-state index contributed by atoms with van der Waals surface area (Å²) in [5, 5.41) is 27.7. The summed E-state index contributed by atoms with van der Waals surface area (Å²) in [7, 11) is 0. The van der Waals surface area contributed by atoms with Gasteiger partial charge in [-0.25, -0.2) is 4.79 Å². The van der Waals surface area contributed by atoms with Crippen molar-refractivity contribution in [1.29, 1.82) is 0 Å². The Morgan fingerprint density at radius 1 is 1.14 bits per heavy atom. The van der Waals surface area contributed by atoms with Crippen LogP contribution in [0.2, 0.25) is 0 Å². The van der Waals surface area contributed by atoms with Crippen molar-refractivity contribution in [1.82, 2.24) is 21.3 Å². The Kier molecular flexibility index (Phi) is 9.36. The van der Waals surface area contributed by atoms with Crippen LogP contribution < -0.4 is 21.3 Å². The van der Waals surface area contributed by atoms with E-state index in [4.69, 9.17) is 10.2 Å². The van der Waals surface area contributed by atoms with Gasteiger partial charge in [0.1, 0.15) is 12.1 Å². The van der Waals surface area contributed by atoms with E-state index < -0.39 is 48.8 Å². The second-order valence-electron chi connectivity index (χ2n) is 6.79. The molecule has 158 valence electrons. The molecule has 1 aliphatic heterocycles. The molecule has 0 aliphatic carbocycles. The standard InChI is InChI=1S/C17H28N4O7/c1-3-9(2)14(21-15(25)10-5-4-6-18-10)16(26)19-8-12(22)20-11(17(27)28)7-13(23)24/h9-11,14,18H,3-8H2,1-2H3,(H,19,26)(H,20,22)(H,21,25)(H,23,24)(H,27,28). The molecule has 1 saturated heterocycles. The third-order valence-corrected chi connectivity index (χ3v) is 4.61. The summed E-state index contributed by atoms with van der Waals surface area (Å²) in [6, 6.07) is -2.79. The van der Waals surface area contributed by atoms with E-state index in [1.54, 1.807) is 6.92 Å². The zero-order chi connectivity index (χ0) is 21.3. The largest absolute Gasteiger partial charge is 0.481 e. The van der Waals surface area contributed by atoms with Gasteiger partial charge in [0, 0.05) is 0 Å². The van der Waals surface area contributed by atoms with Crippen molar-refractivity contribution in [2.75, 3.05) is 13.1 Å². The van der Waals surface area contributed by atoms with Gasteiger partial charge in [-0.1, -0.05) is 20.3 Å². The van der Waals surface area contributed by atoms with E-state index in [1.165, 1.54) is 0 Å². The van der Waals surface area contributed by atoms with Crippen LogP contribution in [0.3, 0.4) is 0 Å². The average molecular weight is 400 g/mol. The number of carboxylic acids is 2. The number of nitrogens with one attached hydrogen (secondary N) is 4. The van der Waals surface area contributed by atoms with Crippen LogP contribution in [-0.4, -0.2) is 71.1 Å². The van der Waals surface area contributed by atoms with Crippen LogP contribution in [0, 0.1) is 5.92 Å². The molecular formula is C17H28N4O7. The molecule has 11 nitrogen and oxygen atoms in total. The molecule has 28 heavy (non-hydrogen) atoms. The molecule has 0 aromatic rings. The third-order valence-electron chi connectivity index (χ3n) is 4.61. The molecule has 0 saturated carbocycles. The van der Waals surface area contributed by atoms with Crippen molar-refractivity contribution in [2.45, 2.75) is 57.7 Å². The first-order valence-corrected chi connectivity index (χ1v) is 9.21. The quantitative estimate of drug-likeness (QED) is 0.241. The summed E-state index contributed by atoms with van der Waals surface area (Å²) >= 11 is 0. The number of carbonyl (C=O) groups excluding carboxylic acids is 3. The van der Waals surface area contributed by atoms with Gasteiger partial charge < -0.3 is 31.5 Å². The minimum absolute atomic E-state index is 0.188. The van der Waals surface area contributed by atoms with Crippen molar-refractivity contribution < 1.29 is 34.2 Å². The van der Waals surface area contributed by atoms with Gasteiger partial charge in [-0.3, -0.25) is 19.2 Å². The van der Waals surface area contributed by atoms with Crippen LogP contribution >= 0.6 is 0 Å². The maximum absolute atomic E-state index is 12.5. The lowest BCUT2D eigenvalue weighted by molar-refractivity contribution is -0.147. The van der Waals surface area contributed by atoms with Crippen LogP contribution in [0.4, 0.5) is 0 Å². The Morgan fingerprint density at radius 3 is 2.32 bits per heavy atom. The lowest BCUT2D eigenvalue weighted by Gasteiger charge is -2.25. The number of aliphatic carboxylic acids is 2. The first-order chi connectivity index (χ1) is 13.1. The molecule has 0 aromatic carbocycles. The summed E-state index contributed by atoms with van der Waals surface area (Å²) in [4.78, 5) is 58.2. The molecule has 11 heteroatoms. The molecule has 0 aromatic heterocycles. The SMILES string of the molecule is CCC(C)C(NC(=O)C1CCCN1)C(=O)NCC(=O)NC(CC(=O)O)C(=O)O. The van der Waals surface area contributed by atoms with E-state index in [2.05, 4.69) is 16.0 Å². The van der Waals surface area contributed by atoms with Crippen molar-refractivity contribution in [3.8, 4) is 0 Å². The monoisotopic (exact) mass is 400 g/mol. The molecule has 0 radical (unpaired) electrons. The molecular weight excluding hydrogens is 372 g/mol. The van der Waals surface area contributed by atoms with E-state index in [-0.39, 0.29) is 17.9 Å². The van der Waals surface area contributed by atoms with Crippen molar-refractivity contribution in [3.05, 3.63) is 0 Å². The maximum atomic E-state index is 12.5. The zero-order valence-corrected chi connectivity index (χ0v) is 16.0. The topological polar surface area (TPSA) is 174 Å². The number of hydrogen-bond acceptors (Lipinski definition) is 6. The van der Waals surface area contributed by atoms with Crippen molar-refractivity contribution in [2.24, 2.45) is 5.92 Å². The van der Waals surface area contributed by atoms with Gasteiger partial charge >= 0.3 is 11.9 Å². The van der Waals surface area contributed by atoms with Gasteiger partial charge in [-0.15, -0.1) is 0 Å². The molecule has 1 aliphatic rings. The van der Waals surface area contributed by atoms with Gasteiger partial charge in [0.2, 0.25) is 17.7 Å². The predicted molar refractivity (Wildman–Crippen MR) is 97.2 cm³/mol. The highest BCUT2D eigenvalue weighted by Crippen LogP contribution is 2.10. The van der Waals surface area contributed by atoms with Gasteiger partial charge in [0.05, 0.1) is 19.0 Å². The van der Waals surface area contributed by atoms with E-state index in [0.717, 1.165) is 13.0 Å². The molecule has 1 heterocycles. The first kappa shape index (κ1) is 23.3. The number of carboxylic acid groups (broad SMARTS) is 2. The maximum Gasteiger partial charge on any atom is 0.326 e. The van der Waals surface area contributed by atoms with Crippen LogP contribution in [0.15, 0.2) is 0 Å². The number of hydrogen-bond donors (Lipinski definition) is 6. The minimum Gasteiger partial charge on any atom is -0.481 e. The van der Waals surface area contributed by atoms with Crippen molar-refractivity contribution in [3.63, 3.8) is 0 Å². The molecule has 3 amide bonds. The van der Waals surface area contributed by atoms with Crippen molar-refractivity contribution >= 4 is 29.7 Å². The zero-order valence-electron chi connectivity index (χ0n) is 16.0. The average Bonchev–Trinajstić information content (AvgIpc) is 3.17. The predicted octanol–water partition coefficient (Wildman–Crippen LogP) is -1.57. The number of rotatable bonds is 11. The Labute approximate surface area is 162 Å². The van der Waals surface area contributed by atoms with E-state index in [0.29, 0.717) is 12.8 Å². The first-order valence-electron chi connectivity index (χ1n) is 9.21. The second kappa shape index (κ2) is 11.2. The Morgan fingerprint density at radius 2 is 1.82 bits per heavy atom. The fourth-order valence-corrected chi connectivity index (χ4v) is 2.76. The number of carbonyl (C=O) groups is 5. The van der Waals surface area contributed by atoms with E-state index >= 15 is 0 Å². The minimum atomic E-state index is -1.60. The van der Waals surface area contributed by atoms with Crippen LogP contribution in [-0.2, 0) is 24.0 Å². The highest BCUT2D eigenvalue weighted by Gasteiger charge is 2.30. The lowest BCUT2D eigenvalue weighted by Crippen LogP contribution is -2.55. The normalized spacial score (nSPS) is 19.1. The summed E-state index contributed by atoms with van der Waals surface area (Å²) < 4.78 is 0. The highest BCUT2D eigenvalue weighted by atomic mass is 16.4. The van der Waals surface area contributed by atoms with E-state index in [1.807, 2.05) is 12.2 Å². The fourth-order valence-electron chi connectivity index (χ4n) is 2.76. The van der Waals surface area contributed by atoms with Gasteiger partial charge in [-0.05, 0) is 25.3 Å². The van der Waals surface area contributed by atoms with Crippen LogP contribution in [0.25, 0.3) is 0 Å². The summed E-state index contributed by atoms with van der Waals surface area (Å²) in [5.74, 6) is -4.75. The summed E-state index contributed by atoms with van der Waals surface area (Å²) in [6.45, 7) is 3.85. The van der Waals surface area contributed by atoms with Crippen LogP contribution in [0.5, 0.6) is 0 Å². The Bertz CT molecular complexity index is 604. The van der Waals surface area contributed by atoms with Crippen LogP contribution in [0.1, 0.15) is 39.5 Å². The molecule has 4 atom stereocenters. The molecule has 1 fully saturated rings. The Balaban J connectivity index is 2.61. The summed E-state index contributed by atoms with van der Waals surface area (Å²) in [6.07, 6.45) is 1.39. The molecule has 0 spiro atoms. The smallest absolute Gasteiger partial charge is 0.326 e. The fraction of sp³-hybridized carbons (Fsp3) is 0.706. The van der Waals surface area contributed by atoms with Gasteiger partial charge in [0.15, 0.2) is 0 Å². The highest BCUT2D eigenvalue weighted by molar-refractivity contribution is 5.93. The van der Waals surface area contributed by atoms with Gasteiger partial charge in [0.25, 0.3) is 0 Å². The Hall–Kier alpha value is -2.69. The third kappa shape index (κ3) is 7.51. The number of amides is 3. The second-order valence-corrected chi connectivity index (χ2v) is 6.79. The van der Waals surface area contributed by atoms with E-state index in [9.17, 15) is 24.0 Å². The molecule has 4 unspecified atom stereocenters. The molecule has 1 rings (SSSR count). The molecule has 0 bridgehead atoms. The summed E-state index contributed by atoms with van der Waals surface area (Å²) in [5.41, 5.74) is 0. The molecule has 6 N–H and O–H groups in total. The van der Waals surface area contributed by atoms with Gasteiger partial charge in [-0.2, -0.15) is 0 Å². The lowest BCUT2D eigenvalue weighted by atomic mass is 9.97.